The molecule has 176 valence electrons. The van der Waals surface area contributed by atoms with Crippen LogP contribution in [0.2, 0.25) is 0 Å². The predicted molar refractivity (Wildman–Crippen MR) is 121 cm³/mol. The van der Waals surface area contributed by atoms with Gasteiger partial charge in [0.2, 0.25) is 11.7 Å². The summed E-state index contributed by atoms with van der Waals surface area (Å²) in [6.07, 6.45) is -0.786. The molecule has 3 aromatic rings. The molecular weight excluding hydrogens is 448 g/mol. The number of methoxy groups -OCH3 is 1. The molecule has 0 spiro atoms. The summed E-state index contributed by atoms with van der Waals surface area (Å²) in [7, 11) is -2.24. The molecule has 1 N–H and O–H groups in total. The van der Waals surface area contributed by atoms with E-state index in [1.54, 1.807) is 54.6 Å². The van der Waals surface area contributed by atoms with Crippen LogP contribution in [-0.4, -0.2) is 57.4 Å². The molecule has 2 aromatic carbocycles. The van der Waals surface area contributed by atoms with Gasteiger partial charge in [-0.3, -0.25) is 9.59 Å². The van der Waals surface area contributed by atoms with Crippen molar-refractivity contribution in [2.75, 3.05) is 26.2 Å². The zero-order chi connectivity index (χ0) is 23.7. The Labute approximate surface area is 192 Å². The number of oxazole rings is 1. The fraction of sp³-hybridized carbons (Fsp3) is 0.348. The number of Topliss-reactive ketones (excluding diaryl/α,β-unsaturated/α-hetero) is 1. The van der Waals surface area contributed by atoms with Crippen molar-refractivity contribution in [3.63, 3.8) is 0 Å². The van der Waals surface area contributed by atoms with Crippen molar-refractivity contribution in [3.05, 3.63) is 66.1 Å². The number of fused-ring (bicyclic) bond motifs is 1. The number of hydrogen-bond donors (Lipinski definition) is 1. The Bertz CT molecular complexity index is 1140. The van der Waals surface area contributed by atoms with Crippen LogP contribution in [0.1, 0.15) is 29.1 Å². The summed E-state index contributed by atoms with van der Waals surface area (Å²) >= 11 is 0. The predicted octanol–water partition coefficient (Wildman–Crippen LogP) is 2.51. The summed E-state index contributed by atoms with van der Waals surface area (Å²) in [5.74, 6) is -1.53. The number of sulfone groups is 1. The van der Waals surface area contributed by atoms with Gasteiger partial charge in [0.25, 0.3) is 5.89 Å². The van der Waals surface area contributed by atoms with Gasteiger partial charge in [-0.1, -0.05) is 42.5 Å². The first-order chi connectivity index (χ1) is 15.9. The normalized spacial score (nSPS) is 12.5. The second-order valence-corrected chi connectivity index (χ2v) is 9.52. The lowest BCUT2D eigenvalue weighted by Crippen LogP contribution is -2.42. The average Bonchev–Trinajstić information content (AvgIpc) is 3.24. The van der Waals surface area contributed by atoms with Gasteiger partial charge >= 0.3 is 0 Å². The molecule has 1 amide bonds. The van der Waals surface area contributed by atoms with E-state index in [0.717, 1.165) is 0 Å². The van der Waals surface area contributed by atoms with E-state index >= 15 is 0 Å². The molecule has 0 aliphatic carbocycles. The van der Waals surface area contributed by atoms with E-state index in [-0.39, 0.29) is 37.2 Å². The lowest BCUT2D eigenvalue weighted by Gasteiger charge is -2.17. The van der Waals surface area contributed by atoms with Crippen LogP contribution < -0.4 is 5.32 Å². The quantitative estimate of drug-likeness (QED) is 0.228. The molecule has 33 heavy (non-hydrogen) atoms. The molecule has 3 rings (SSSR count). The lowest BCUT2D eigenvalue weighted by atomic mass is 10.2. The molecule has 0 radical (unpaired) electrons. The molecular formula is C23H26N2O7S. The van der Waals surface area contributed by atoms with E-state index < -0.39 is 27.6 Å². The summed E-state index contributed by atoms with van der Waals surface area (Å²) in [6.45, 7) is -0.0640. The third-order valence-electron chi connectivity index (χ3n) is 4.73. The summed E-state index contributed by atoms with van der Waals surface area (Å²) in [6, 6.07) is 15.8. The fourth-order valence-electron chi connectivity index (χ4n) is 3.14. The number of benzene rings is 2. The third kappa shape index (κ3) is 7.48. The van der Waals surface area contributed by atoms with Gasteiger partial charge < -0.3 is 19.2 Å². The number of aromatic nitrogens is 1. The molecule has 0 bridgehead atoms. The van der Waals surface area contributed by atoms with Gasteiger partial charge in [-0.2, -0.15) is 0 Å². The Kier molecular flexibility index (Phi) is 8.70. The van der Waals surface area contributed by atoms with Crippen molar-refractivity contribution in [1.82, 2.24) is 10.3 Å². The first-order valence-corrected chi connectivity index (χ1v) is 12.2. The highest BCUT2D eigenvalue weighted by Crippen LogP contribution is 2.16. The molecule has 0 unspecified atom stereocenters. The Hall–Kier alpha value is -3.08. The highest BCUT2D eigenvalue weighted by atomic mass is 32.2. The summed E-state index contributed by atoms with van der Waals surface area (Å²) < 4.78 is 40.7. The number of hydrogen-bond acceptors (Lipinski definition) is 8. The Morgan fingerprint density at radius 3 is 2.55 bits per heavy atom. The molecule has 9 nitrogen and oxygen atoms in total. The molecule has 0 aliphatic rings. The summed E-state index contributed by atoms with van der Waals surface area (Å²) in [5.41, 5.74) is 1.76. The highest BCUT2D eigenvalue weighted by molar-refractivity contribution is 7.90. The van der Waals surface area contributed by atoms with E-state index in [0.29, 0.717) is 23.1 Å². The molecule has 0 fully saturated rings. The number of carbonyl (C=O) groups is 2. The first kappa shape index (κ1) is 24.6. The smallest absolute Gasteiger partial charge is 0.264 e. The fourth-order valence-corrected chi connectivity index (χ4v) is 4.67. The van der Waals surface area contributed by atoms with Gasteiger partial charge in [-0.05, 0) is 24.1 Å². The molecule has 1 heterocycles. The Morgan fingerprint density at radius 2 is 1.82 bits per heavy atom. The monoisotopic (exact) mass is 474 g/mol. The van der Waals surface area contributed by atoms with Crippen molar-refractivity contribution in [2.45, 2.75) is 24.7 Å². The highest BCUT2D eigenvalue weighted by Gasteiger charge is 2.26. The van der Waals surface area contributed by atoms with Crippen molar-refractivity contribution < 1.29 is 31.9 Å². The van der Waals surface area contributed by atoms with Crippen molar-refractivity contribution >= 4 is 32.6 Å². The van der Waals surface area contributed by atoms with Gasteiger partial charge in [-0.25, -0.2) is 13.4 Å². The van der Waals surface area contributed by atoms with E-state index in [2.05, 4.69) is 10.3 Å². The number of ketones is 1. The minimum Gasteiger partial charge on any atom is -0.434 e. The van der Waals surface area contributed by atoms with Gasteiger partial charge in [0.1, 0.15) is 12.3 Å². The second-order valence-electron chi connectivity index (χ2n) is 7.41. The Balaban J connectivity index is 1.50. The number of ether oxygens (including phenoxy) is 2. The van der Waals surface area contributed by atoms with E-state index in [9.17, 15) is 18.0 Å². The molecule has 0 saturated heterocycles. The molecule has 10 heteroatoms. The van der Waals surface area contributed by atoms with E-state index in [1.807, 2.05) is 0 Å². The lowest BCUT2D eigenvalue weighted by molar-refractivity contribution is -0.139. The number of rotatable bonds is 13. The number of nitrogens with one attached hydrogen (secondary N) is 1. The summed E-state index contributed by atoms with van der Waals surface area (Å²) in [4.78, 5) is 29.0. The standard InChI is InChI=1S/C23H26N2O7S/c1-30-16-31-21(15-33(28,29)14-17-8-3-2-4-9-17)22(27)24-13-7-11-19(26)23-25-18-10-5-6-12-20(18)32-23/h2-6,8-10,12,21H,7,11,13-16H2,1H3,(H,24,27)/t21-/m0/s1. The maximum Gasteiger partial charge on any atom is 0.264 e. The van der Waals surface area contributed by atoms with Crippen molar-refractivity contribution in [1.29, 1.82) is 0 Å². The van der Waals surface area contributed by atoms with Crippen LogP contribution in [0.25, 0.3) is 11.1 Å². The molecule has 0 saturated carbocycles. The molecule has 1 atom stereocenters. The number of amides is 1. The van der Waals surface area contributed by atoms with Crippen LogP contribution in [0.3, 0.4) is 0 Å². The van der Waals surface area contributed by atoms with Crippen LogP contribution in [-0.2, 0) is 29.9 Å². The van der Waals surface area contributed by atoms with E-state index in [1.165, 1.54) is 7.11 Å². The largest absolute Gasteiger partial charge is 0.434 e. The maximum atomic E-state index is 12.6. The van der Waals surface area contributed by atoms with E-state index in [4.69, 9.17) is 13.9 Å². The van der Waals surface area contributed by atoms with Gasteiger partial charge in [0, 0.05) is 20.1 Å². The Morgan fingerprint density at radius 1 is 1.09 bits per heavy atom. The van der Waals surface area contributed by atoms with Crippen LogP contribution in [0.4, 0.5) is 0 Å². The number of carbonyl (C=O) groups excluding carboxylic acids is 2. The zero-order valence-electron chi connectivity index (χ0n) is 18.2. The van der Waals surface area contributed by atoms with Crippen LogP contribution in [0.5, 0.6) is 0 Å². The zero-order valence-corrected chi connectivity index (χ0v) is 19.0. The summed E-state index contributed by atoms with van der Waals surface area (Å²) in [5, 5.41) is 2.62. The number of para-hydroxylation sites is 2. The van der Waals surface area contributed by atoms with Crippen LogP contribution >= 0.6 is 0 Å². The minimum absolute atomic E-state index is 0.0239. The molecule has 0 aliphatic heterocycles. The van der Waals surface area contributed by atoms with Crippen LogP contribution in [0.15, 0.2) is 59.0 Å². The SMILES string of the molecule is COCO[C@@H](CS(=O)(=O)Cc1ccccc1)C(=O)NCCCC(=O)c1nc2ccccc2o1. The van der Waals surface area contributed by atoms with Crippen molar-refractivity contribution in [2.24, 2.45) is 0 Å². The number of nitrogens with zero attached hydrogens (tertiary/aromatic N) is 1. The van der Waals surface area contributed by atoms with Crippen LogP contribution in [0, 0.1) is 0 Å². The van der Waals surface area contributed by atoms with Crippen molar-refractivity contribution in [3.8, 4) is 0 Å². The third-order valence-corrected chi connectivity index (χ3v) is 6.31. The van der Waals surface area contributed by atoms with Gasteiger partial charge in [0.15, 0.2) is 21.5 Å². The second kappa shape index (κ2) is 11.7. The van der Waals surface area contributed by atoms with Gasteiger partial charge in [0.05, 0.1) is 11.5 Å². The first-order valence-electron chi connectivity index (χ1n) is 10.4. The average molecular weight is 475 g/mol. The minimum atomic E-state index is -3.62. The van der Waals surface area contributed by atoms with Gasteiger partial charge in [-0.15, -0.1) is 0 Å². The maximum absolute atomic E-state index is 12.6. The molecule has 1 aromatic heterocycles. The topological polar surface area (TPSA) is 125 Å².